The average Bonchev–Trinajstić information content (AvgIpc) is 2.98. The van der Waals surface area contributed by atoms with Gasteiger partial charge in [-0.2, -0.15) is 0 Å². The largest absolute Gasteiger partial charge is 0.377 e. The molecule has 0 unspecified atom stereocenters. The molecule has 2 heteroatoms. The molecule has 13 heavy (non-hydrogen) atoms. The Balaban J connectivity index is 0.000000396. The van der Waals surface area contributed by atoms with Crippen LogP contribution < -0.4 is 5.73 Å². The normalized spacial score (nSPS) is 13.4. The van der Waals surface area contributed by atoms with E-state index in [0.29, 0.717) is 0 Å². The van der Waals surface area contributed by atoms with E-state index in [0.717, 1.165) is 19.8 Å². The lowest BCUT2D eigenvalue weighted by Crippen LogP contribution is -1.97. The van der Waals surface area contributed by atoms with Gasteiger partial charge in [0.2, 0.25) is 0 Å². The summed E-state index contributed by atoms with van der Waals surface area (Å²) in [5, 5.41) is 0. The van der Waals surface area contributed by atoms with Crippen LogP contribution >= 0.6 is 0 Å². The molecule has 0 radical (unpaired) electrons. The smallest absolute Gasteiger partial charge is 0.0701 e. The van der Waals surface area contributed by atoms with Gasteiger partial charge in [-0.3, -0.25) is 0 Å². The molecule has 2 nitrogen and oxygen atoms in total. The predicted octanol–water partition coefficient (Wildman–Crippen LogP) is 2.71. The molecule has 2 N–H and O–H groups in total. The van der Waals surface area contributed by atoms with Crippen molar-refractivity contribution in [1.82, 2.24) is 0 Å². The second-order valence-corrected chi connectivity index (χ2v) is 3.52. The van der Waals surface area contributed by atoms with Crippen LogP contribution in [0.15, 0.2) is 0 Å². The van der Waals surface area contributed by atoms with Crippen molar-refractivity contribution in [3.63, 3.8) is 0 Å². The van der Waals surface area contributed by atoms with Gasteiger partial charge in [0.25, 0.3) is 0 Å². The van der Waals surface area contributed by atoms with E-state index in [4.69, 9.17) is 5.73 Å². The summed E-state index contributed by atoms with van der Waals surface area (Å²) in [6.07, 6.45) is 9.51. The maximum atomic E-state index is 5.37. The third-order valence-electron chi connectivity index (χ3n) is 2.01. The molecule has 0 aromatic carbocycles. The highest BCUT2D eigenvalue weighted by molar-refractivity contribution is 4.44. The van der Waals surface area contributed by atoms with Crippen molar-refractivity contribution in [2.24, 2.45) is 5.73 Å². The number of hydrogen-bond donors (Lipinski definition) is 1. The first-order chi connectivity index (χ1) is 6.41. The predicted molar refractivity (Wildman–Crippen MR) is 57.9 cm³/mol. The molecule has 0 aromatic heterocycles. The van der Waals surface area contributed by atoms with E-state index < -0.39 is 0 Å². The monoisotopic (exact) mass is 187 g/mol. The van der Waals surface area contributed by atoms with Gasteiger partial charge in [0.05, 0.1) is 13.2 Å². The molecule has 1 saturated heterocycles. The molecule has 0 bridgehead atoms. The quantitative estimate of drug-likeness (QED) is 0.491. The molecular weight excluding hydrogens is 162 g/mol. The Hall–Kier alpha value is -0.0800. The maximum Gasteiger partial charge on any atom is 0.0701 e. The summed E-state index contributed by atoms with van der Waals surface area (Å²) in [5.74, 6) is 0. The first kappa shape index (κ1) is 12.9. The Morgan fingerprint density at radius 1 is 0.923 bits per heavy atom. The van der Waals surface area contributed by atoms with Crippen molar-refractivity contribution in [3.8, 4) is 0 Å². The minimum absolute atomic E-state index is 0.869. The molecule has 1 aliphatic rings. The van der Waals surface area contributed by atoms with E-state index in [1.165, 1.54) is 44.9 Å². The average molecular weight is 187 g/mol. The fraction of sp³-hybridized carbons (Fsp3) is 1.00. The molecule has 0 saturated carbocycles. The van der Waals surface area contributed by atoms with Crippen molar-refractivity contribution in [2.75, 3.05) is 19.8 Å². The van der Waals surface area contributed by atoms with Crippen molar-refractivity contribution in [3.05, 3.63) is 0 Å². The first-order valence-electron chi connectivity index (χ1n) is 5.69. The van der Waals surface area contributed by atoms with Gasteiger partial charge >= 0.3 is 0 Å². The van der Waals surface area contributed by atoms with Crippen molar-refractivity contribution >= 4 is 0 Å². The van der Waals surface area contributed by atoms with Crippen LogP contribution in [0.1, 0.15) is 51.9 Å². The standard InChI is InChI=1S/C9H21N.C2H4O/c1-2-3-4-5-6-7-8-9-10;1-2-3-1/h2-10H2,1H3;1-2H2. The number of ether oxygens (including phenoxy) is 1. The van der Waals surface area contributed by atoms with Crippen LogP contribution in [0.4, 0.5) is 0 Å². The molecule has 1 heterocycles. The molecule has 1 aliphatic heterocycles. The third-order valence-corrected chi connectivity index (χ3v) is 2.01. The van der Waals surface area contributed by atoms with Gasteiger partial charge in [-0.15, -0.1) is 0 Å². The number of rotatable bonds is 7. The Bertz CT molecular complexity index is 73.4. The Morgan fingerprint density at radius 2 is 1.38 bits per heavy atom. The van der Waals surface area contributed by atoms with Crippen LogP contribution in [0.2, 0.25) is 0 Å². The van der Waals surface area contributed by atoms with Gasteiger partial charge in [0.1, 0.15) is 0 Å². The van der Waals surface area contributed by atoms with Crippen LogP contribution in [0.5, 0.6) is 0 Å². The fourth-order valence-corrected chi connectivity index (χ4v) is 1.10. The highest BCUT2D eigenvalue weighted by atomic mass is 16.6. The lowest BCUT2D eigenvalue weighted by Gasteiger charge is -1.97. The summed E-state index contributed by atoms with van der Waals surface area (Å²) in [6.45, 7) is 5.12. The van der Waals surface area contributed by atoms with Gasteiger partial charge in [0, 0.05) is 0 Å². The lowest BCUT2D eigenvalue weighted by molar-refractivity contribution is 0.475. The summed E-state index contributed by atoms with van der Waals surface area (Å²) in [5.41, 5.74) is 5.37. The van der Waals surface area contributed by atoms with Gasteiger partial charge in [-0.25, -0.2) is 0 Å². The molecule has 80 valence electrons. The molecule has 0 amide bonds. The molecule has 0 aromatic rings. The summed E-state index contributed by atoms with van der Waals surface area (Å²) in [4.78, 5) is 0. The van der Waals surface area contributed by atoms with Crippen molar-refractivity contribution in [2.45, 2.75) is 51.9 Å². The van der Waals surface area contributed by atoms with Crippen LogP contribution in [0.3, 0.4) is 0 Å². The zero-order valence-corrected chi connectivity index (χ0v) is 9.06. The van der Waals surface area contributed by atoms with E-state index in [-0.39, 0.29) is 0 Å². The summed E-state index contributed by atoms with van der Waals surface area (Å²) >= 11 is 0. The van der Waals surface area contributed by atoms with Crippen LogP contribution in [-0.4, -0.2) is 19.8 Å². The molecule has 1 fully saturated rings. The lowest BCUT2D eigenvalue weighted by atomic mass is 10.1. The Labute approximate surface area is 82.8 Å². The van der Waals surface area contributed by atoms with Gasteiger partial charge in [0.15, 0.2) is 0 Å². The van der Waals surface area contributed by atoms with Gasteiger partial charge in [-0.1, -0.05) is 45.4 Å². The van der Waals surface area contributed by atoms with E-state index in [2.05, 4.69) is 11.7 Å². The highest BCUT2D eigenvalue weighted by Crippen LogP contribution is 2.05. The van der Waals surface area contributed by atoms with E-state index in [1.54, 1.807) is 0 Å². The van der Waals surface area contributed by atoms with Crippen LogP contribution in [0.25, 0.3) is 0 Å². The molecule has 1 rings (SSSR count). The van der Waals surface area contributed by atoms with Crippen molar-refractivity contribution < 1.29 is 4.74 Å². The highest BCUT2D eigenvalue weighted by Gasteiger charge is 1.94. The first-order valence-corrected chi connectivity index (χ1v) is 5.69. The van der Waals surface area contributed by atoms with Crippen molar-refractivity contribution in [1.29, 1.82) is 0 Å². The Kier molecular flexibility index (Phi) is 11.8. The zero-order valence-electron chi connectivity index (χ0n) is 9.06. The van der Waals surface area contributed by atoms with E-state index in [9.17, 15) is 0 Å². The second kappa shape index (κ2) is 11.9. The SMILES string of the molecule is C1CO1.CCCCCCCCCN. The van der Waals surface area contributed by atoms with Crippen LogP contribution in [0, 0.1) is 0 Å². The third kappa shape index (κ3) is 18.7. The maximum absolute atomic E-state index is 5.37. The number of epoxide rings is 1. The molecule has 0 aliphatic carbocycles. The molecule has 0 atom stereocenters. The summed E-state index contributed by atoms with van der Waals surface area (Å²) in [6, 6.07) is 0. The van der Waals surface area contributed by atoms with E-state index >= 15 is 0 Å². The fourth-order valence-electron chi connectivity index (χ4n) is 1.10. The second-order valence-electron chi connectivity index (χ2n) is 3.52. The van der Waals surface area contributed by atoms with E-state index in [1.807, 2.05) is 0 Å². The minimum atomic E-state index is 0.869. The van der Waals surface area contributed by atoms with Gasteiger partial charge < -0.3 is 10.5 Å². The topological polar surface area (TPSA) is 38.5 Å². The Morgan fingerprint density at radius 3 is 1.77 bits per heavy atom. The summed E-state index contributed by atoms with van der Waals surface area (Å²) in [7, 11) is 0. The molecular formula is C11H25NO. The number of hydrogen-bond acceptors (Lipinski definition) is 2. The number of unbranched alkanes of at least 4 members (excludes halogenated alkanes) is 6. The van der Waals surface area contributed by atoms with Gasteiger partial charge in [-0.05, 0) is 13.0 Å². The minimum Gasteiger partial charge on any atom is -0.377 e. The summed E-state index contributed by atoms with van der Waals surface area (Å²) < 4.78 is 4.50. The zero-order chi connectivity index (χ0) is 9.78. The van der Waals surface area contributed by atoms with Crippen LogP contribution in [-0.2, 0) is 4.74 Å². The molecule has 0 spiro atoms. The number of nitrogens with two attached hydrogens (primary N) is 1.